The molecule has 1 heterocycles. The van der Waals surface area contributed by atoms with Crippen molar-refractivity contribution in [3.05, 3.63) is 6.33 Å². The summed E-state index contributed by atoms with van der Waals surface area (Å²) in [5.74, 6) is 0.714. The zero-order valence-electron chi connectivity index (χ0n) is 8.69. The fourth-order valence-electron chi connectivity index (χ4n) is 0.902. The molecule has 0 aliphatic heterocycles. The van der Waals surface area contributed by atoms with Crippen molar-refractivity contribution in [1.29, 1.82) is 0 Å². The lowest BCUT2D eigenvalue weighted by molar-refractivity contribution is 0.132. The molecular weight excluding hydrogens is 198 g/mol. The van der Waals surface area contributed by atoms with Crippen LogP contribution in [0.25, 0.3) is 0 Å². The smallest absolute Gasteiger partial charge is 0.202 e. The van der Waals surface area contributed by atoms with Crippen molar-refractivity contribution in [3.8, 4) is 0 Å². The SMILES string of the molecule is CC(C)CCOCCNc1ncns1. The molecule has 0 saturated heterocycles. The summed E-state index contributed by atoms with van der Waals surface area (Å²) in [5.41, 5.74) is 0. The normalized spacial score (nSPS) is 10.8. The predicted octanol–water partition coefficient (Wildman–Crippen LogP) is 2.01. The van der Waals surface area contributed by atoms with E-state index in [0.717, 1.165) is 31.3 Å². The molecule has 5 heteroatoms. The first-order valence-corrected chi connectivity index (χ1v) is 5.64. The van der Waals surface area contributed by atoms with Gasteiger partial charge in [0.05, 0.1) is 6.61 Å². The Kier molecular flexibility index (Phi) is 5.47. The van der Waals surface area contributed by atoms with E-state index < -0.39 is 0 Å². The Hall–Kier alpha value is -0.680. The van der Waals surface area contributed by atoms with Gasteiger partial charge in [0.15, 0.2) is 0 Å². The minimum atomic E-state index is 0.714. The van der Waals surface area contributed by atoms with Gasteiger partial charge in [-0.05, 0) is 12.3 Å². The topological polar surface area (TPSA) is 47.0 Å². The van der Waals surface area contributed by atoms with Crippen molar-refractivity contribution in [2.45, 2.75) is 20.3 Å². The summed E-state index contributed by atoms with van der Waals surface area (Å²) in [6, 6.07) is 0. The van der Waals surface area contributed by atoms with E-state index in [-0.39, 0.29) is 0 Å². The summed E-state index contributed by atoms with van der Waals surface area (Å²) in [7, 11) is 0. The zero-order chi connectivity index (χ0) is 10.2. The molecule has 0 radical (unpaired) electrons. The number of nitrogens with one attached hydrogen (secondary N) is 1. The van der Waals surface area contributed by atoms with Gasteiger partial charge in [-0.3, -0.25) is 0 Å². The predicted molar refractivity (Wildman–Crippen MR) is 58.7 cm³/mol. The molecule has 1 N–H and O–H groups in total. The molecule has 1 rings (SSSR count). The van der Waals surface area contributed by atoms with Crippen molar-refractivity contribution in [1.82, 2.24) is 9.36 Å². The van der Waals surface area contributed by atoms with Gasteiger partial charge in [-0.2, -0.15) is 4.37 Å². The molecule has 0 saturated carbocycles. The van der Waals surface area contributed by atoms with Crippen LogP contribution in [0.2, 0.25) is 0 Å². The van der Waals surface area contributed by atoms with E-state index in [2.05, 4.69) is 28.5 Å². The van der Waals surface area contributed by atoms with Gasteiger partial charge in [-0.25, -0.2) is 4.98 Å². The van der Waals surface area contributed by atoms with E-state index >= 15 is 0 Å². The van der Waals surface area contributed by atoms with Crippen LogP contribution in [-0.2, 0) is 4.74 Å². The maximum Gasteiger partial charge on any atom is 0.202 e. The molecule has 0 aliphatic rings. The molecule has 0 aromatic carbocycles. The molecule has 0 fully saturated rings. The molecule has 0 bridgehead atoms. The van der Waals surface area contributed by atoms with Crippen LogP contribution in [-0.4, -0.2) is 29.1 Å². The Bertz CT molecular complexity index is 226. The second kappa shape index (κ2) is 6.73. The Labute approximate surface area is 88.9 Å². The third kappa shape index (κ3) is 5.14. The molecular formula is C9H17N3OS. The van der Waals surface area contributed by atoms with Crippen LogP contribution < -0.4 is 5.32 Å². The number of nitrogens with zero attached hydrogens (tertiary/aromatic N) is 2. The monoisotopic (exact) mass is 215 g/mol. The van der Waals surface area contributed by atoms with Gasteiger partial charge in [0.1, 0.15) is 6.33 Å². The minimum absolute atomic E-state index is 0.714. The van der Waals surface area contributed by atoms with Crippen molar-refractivity contribution in [2.75, 3.05) is 25.1 Å². The lowest BCUT2D eigenvalue weighted by atomic mass is 10.1. The molecule has 0 spiro atoms. The van der Waals surface area contributed by atoms with Crippen LogP contribution in [0.4, 0.5) is 5.13 Å². The van der Waals surface area contributed by atoms with Gasteiger partial charge in [0.25, 0.3) is 0 Å². The second-order valence-corrected chi connectivity index (χ2v) is 4.25. The third-order valence-electron chi connectivity index (χ3n) is 1.72. The summed E-state index contributed by atoms with van der Waals surface area (Å²) in [4.78, 5) is 4.00. The van der Waals surface area contributed by atoms with Crippen molar-refractivity contribution >= 4 is 16.7 Å². The van der Waals surface area contributed by atoms with Gasteiger partial charge in [-0.15, -0.1) is 0 Å². The number of hydrogen-bond donors (Lipinski definition) is 1. The maximum absolute atomic E-state index is 5.44. The number of anilines is 1. The Morgan fingerprint density at radius 1 is 1.50 bits per heavy atom. The summed E-state index contributed by atoms with van der Waals surface area (Å²) < 4.78 is 9.32. The van der Waals surface area contributed by atoms with Crippen molar-refractivity contribution in [3.63, 3.8) is 0 Å². The highest BCUT2D eigenvalue weighted by molar-refractivity contribution is 7.09. The van der Waals surface area contributed by atoms with Crippen LogP contribution in [0.1, 0.15) is 20.3 Å². The zero-order valence-corrected chi connectivity index (χ0v) is 9.51. The molecule has 14 heavy (non-hydrogen) atoms. The first-order valence-electron chi connectivity index (χ1n) is 4.87. The van der Waals surface area contributed by atoms with Gasteiger partial charge in [0, 0.05) is 24.7 Å². The van der Waals surface area contributed by atoms with E-state index in [9.17, 15) is 0 Å². The highest BCUT2D eigenvalue weighted by Gasteiger charge is 1.95. The van der Waals surface area contributed by atoms with E-state index in [1.807, 2.05) is 0 Å². The van der Waals surface area contributed by atoms with Crippen molar-refractivity contribution < 1.29 is 4.74 Å². The van der Waals surface area contributed by atoms with E-state index in [4.69, 9.17) is 4.74 Å². The standard InChI is InChI=1S/C9H17N3OS/c1-8(2)3-5-13-6-4-10-9-11-7-12-14-9/h7-8H,3-6H2,1-2H3,(H,10,11,12). The highest BCUT2D eigenvalue weighted by atomic mass is 32.1. The molecule has 0 aliphatic carbocycles. The highest BCUT2D eigenvalue weighted by Crippen LogP contribution is 2.05. The number of aromatic nitrogens is 2. The maximum atomic E-state index is 5.44. The van der Waals surface area contributed by atoms with Gasteiger partial charge in [-0.1, -0.05) is 13.8 Å². The number of ether oxygens (including phenoxy) is 1. The third-order valence-corrected chi connectivity index (χ3v) is 2.35. The molecule has 0 amide bonds. The van der Waals surface area contributed by atoms with Crippen LogP contribution in [0.15, 0.2) is 6.33 Å². The fraction of sp³-hybridized carbons (Fsp3) is 0.778. The summed E-state index contributed by atoms with van der Waals surface area (Å²) >= 11 is 1.36. The Morgan fingerprint density at radius 2 is 2.36 bits per heavy atom. The lowest BCUT2D eigenvalue weighted by Gasteiger charge is -2.06. The molecule has 4 nitrogen and oxygen atoms in total. The second-order valence-electron chi connectivity index (χ2n) is 3.47. The van der Waals surface area contributed by atoms with Crippen LogP contribution in [0, 0.1) is 5.92 Å². The average molecular weight is 215 g/mol. The molecule has 1 aromatic rings. The first-order chi connectivity index (χ1) is 6.79. The summed E-state index contributed by atoms with van der Waals surface area (Å²) in [5, 5.41) is 3.99. The van der Waals surface area contributed by atoms with Crippen molar-refractivity contribution in [2.24, 2.45) is 5.92 Å². The molecule has 1 aromatic heterocycles. The first kappa shape index (κ1) is 11.4. The fourth-order valence-corrected chi connectivity index (χ4v) is 1.36. The largest absolute Gasteiger partial charge is 0.380 e. The summed E-state index contributed by atoms with van der Waals surface area (Å²) in [6.45, 7) is 6.76. The van der Waals surface area contributed by atoms with E-state index in [1.165, 1.54) is 11.5 Å². The van der Waals surface area contributed by atoms with Crippen LogP contribution in [0.3, 0.4) is 0 Å². The van der Waals surface area contributed by atoms with Gasteiger partial charge >= 0.3 is 0 Å². The lowest BCUT2D eigenvalue weighted by Crippen LogP contribution is -2.10. The van der Waals surface area contributed by atoms with Gasteiger partial charge in [0.2, 0.25) is 5.13 Å². The number of hydrogen-bond acceptors (Lipinski definition) is 5. The number of rotatable bonds is 7. The Balaban J connectivity index is 1.90. The molecule has 80 valence electrons. The average Bonchev–Trinajstić information content (AvgIpc) is 2.63. The minimum Gasteiger partial charge on any atom is -0.380 e. The Morgan fingerprint density at radius 3 is 3.00 bits per heavy atom. The van der Waals surface area contributed by atoms with Gasteiger partial charge < -0.3 is 10.1 Å². The quantitative estimate of drug-likeness (QED) is 0.707. The van der Waals surface area contributed by atoms with Crippen LogP contribution in [0.5, 0.6) is 0 Å². The van der Waals surface area contributed by atoms with E-state index in [1.54, 1.807) is 6.33 Å². The molecule has 0 unspecified atom stereocenters. The van der Waals surface area contributed by atoms with E-state index in [0.29, 0.717) is 5.92 Å². The van der Waals surface area contributed by atoms with Crippen LogP contribution >= 0.6 is 11.5 Å². The molecule has 0 atom stereocenters. The summed E-state index contributed by atoms with van der Waals surface area (Å²) in [6.07, 6.45) is 2.67.